The van der Waals surface area contributed by atoms with Crippen LogP contribution in [0.5, 0.6) is 0 Å². The topological polar surface area (TPSA) is 81.4 Å². The van der Waals surface area contributed by atoms with Crippen LogP contribution in [0, 0.1) is 5.92 Å². The molecule has 0 bridgehead atoms. The van der Waals surface area contributed by atoms with E-state index in [9.17, 15) is 9.59 Å². The molecule has 1 aromatic carbocycles. The van der Waals surface area contributed by atoms with Gasteiger partial charge in [-0.05, 0) is 36.6 Å². The summed E-state index contributed by atoms with van der Waals surface area (Å²) in [4.78, 5) is 22.7. The van der Waals surface area contributed by atoms with Crippen LogP contribution in [0.1, 0.15) is 41.0 Å². The first-order chi connectivity index (χ1) is 9.50. The Balaban J connectivity index is 2.27. The summed E-state index contributed by atoms with van der Waals surface area (Å²) >= 11 is 0. The number of hydrogen-bond acceptors (Lipinski definition) is 3. The van der Waals surface area contributed by atoms with Crippen molar-refractivity contribution in [2.24, 2.45) is 11.7 Å². The van der Waals surface area contributed by atoms with Crippen LogP contribution in [0.15, 0.2) is 24.3 Å². The first-order valence-electron chi connectivity index (χ1n) is 6.76. The second-order valence-corrected chi connectivity index (χ2v) is 5.02. The van der Waals surface area contributed by atoms with E-state index in [0.29, 0.717) is 30.2 Å². The fourth-order valence-corrected chi connectivity index (χ4v) is 1.58. The van der Waals surface area contributed by atoms with Gasteiger partial charge in [-0.25, -0.2) is 0 Å². The standard InChI is InChI=1S/C15H22N2O3/c1-11(2)10-20-9-3-8-17-15(19)13-6-4-12(5-7-13)14(16)18/h4-7,11H,3,8-10H2,1-2H3,(H2,16,18)(H,17,19). The van der Waals surface area contributed by atoms with Gasteiger partial charge in [-0.3, -0.25) is 9.59 Å². The maximum absolute atomic E-state index is 11.8. The lowest BCUT2D eigenvalue weighted by atomic mass is 10.1. The van der Waals surface area contributed by atoms with Crippen LogP contribution in [0.3, 0.4) is 0 Å². The molecule has 0 radical (unpaired) electrons. The molecule has 1 aromatic rings. The molecule has 2 amide bonds. The number of amides is 2. The van der Waals surface area contributed by atoms with Crippen molar-refractivity contribution in [3.63, 3.8) is 0 Å². The average Bonchev–Trinajstić information content (AvgIpc) is 2.42. The minimum absolute atomic E-state index is 0.162. The molecule has 5 heteroatoms. The largest absolute Gasteiger partial charge is 0.381 e. The molecule has 0 aliphatic heterocycles. The smallest absolute Gasteiger partial charge is 0.251 e. The predicted molar refractivity (Wildman–Crippen MR) is 77.6 cm³/mol. The molecule has 0 saturated heterocycles. The zero-order valence-electron chi connectivity index (χ0n) is 12.0. The zero-order valence-corrected chi connectivity index (χ0v) is 12.0. The number of rotatable bonds is 8. The van der Waals surface area contributed by atoms with Crippen molar-refractivity contribution in [3.05, 3.63) is 35.4 Å². The summed E-state index contributed by atoms with van der Waals surface area (Å²) in [6.45, 7) is 6.13. The molecular weight excluding hydrogens is 256 g/mol. The third-order valence-corrected chi connectivity index (χ3v) is 2.63. The molecule has 0 unspecified atom stereocenters. The normalized spacial score (nSPS) is 10.6. The van der Waals surface area contributed by atoms with Crippen LogP contribution in [0.4, 0.5) is 0 Å². The Bertz CT molecular complexity index is 441. The lowest BCUT2D eigenvalue weighted by molar-refractivity contribution is 0.0923. The Morgan fingerprint density at radius 3 is 2.35 bits per heavy atom. The quantitative estimate of drug-likeness (QED) is 0.708. The SMILES string of the molecule is CC(C)COCCCNC(=O)c1ccc(C(N)=O)cc1. The van der Waals surface area contributed by atoms with Crippen LogP contribution in [-0.2, 0) is 4.74 Å². The summed E-state index contributed by atoms with van der Waals surface area (Å²) in [6.07, 6.45) is 0.776. The van der Waals surface area contributed by atoms with E-state index in [-0.39, 0.29) is 5.91 Å². The Labute approximate surface area is 119 Å². The summed E-state index contributed by atoms with van der Waals surface area (Å²) in [5, 5.41) is 2.80. The molecule has 0 spiro atoms. The summed E-state index contributed by atoms with van der Waals surface area (Å²) in [6, 6.07) is 6.27. The summed E-state index contributed by atoms with van der Waals surface area (Å²) in [5.74, 6) is -0.141. The van der Waals surface area contributed by atoms with Gasteiger partial charge < -0.3 is 15.8 Å². The number of carbonyl (C=O) groups excluding carboxylic acids is 2. The van der Waals surface area contributed by atoms with E-state index in [0.717, 1.165) is 13.0 Å². The Morgan fingerprint density at radius 2 is 1.80 bits per heavy atom. The lowest BCUT2D eigenvalue weighted by Gasteiger charge is -2.08. The number of hydrogen-bond donors (Lipinski definition) is 2. The number of ether oxygens (including phenoxy) is 1. The van der Waals surface area contributed by atoms with E-state index in [1.165, 1.54) is 0 Å². The highest BCUT2D eigenvalue weighted by atomic mass is 16.5. The van der Waals surface area contributed by atoms with E-state index < -0.39 is 5.91 Å². The monoisotopic (exact) mass is 278 g/mol. The first kappa shape index (κ1) is 16.2. The van der Waals surface area contributed by atoms with Gasteiger partial charge in [0.25, 0.3) is 5.91 Å². The fourth-order valence-electron chi connectivity index (χ4n) is 1.58. The minimum atomic E-state index is -0.501. The molecule has 110 valence electrons. The third-order valence-electron chi connectivity index (χ3n) is 2.63. The molecule has 20 heavy (non-hydrogen) atoms. The summed E-state index contributed by atoms with van der Waals surface area (Å²) < 4.78 is 5.42. The average molecular weight is 278 g/mol. The molecular formula is C15H22N2O3. The highest BCUT2D eigenvalue weighted by Gasteiger charge is 2.06. The van der Waals surface area contributed by atoms with E-state index in [2.05, 4.69) is 19.2 Å². The molecule has 0 saturated carbocycles. The van der Waals surface area contributed by atoms with Gasteiger partial charge in [-0.2, -0.15) is 0 Å². The molecule has 0 aliphatic rings. The summed E-state index contributed by atoms with van der Waals surface area (Å²) in [5.41, 5.74) is 6.04. The van der Waals surface area contributed by atoms with Crippen LogP contribution in [-0.4, -0.2) is 31.6 Å². The zero-order chi connectivity index (χ0) is 15.0. The van der Waals surface area contributed by atoms with Gasteiger partial charge in [0.05, 0.1) is 0 Å². The van der Waals surface area contributed by atoms with Gasteiger partial charge in [-0.1, -0.05) is 13.8 Å². The van der Waals surface area contributed by atoms with Crippen molar-refractivity contribution in [2.75, 3.05) is 19.8 Å². The lowest BCUT2D eigenvalue weighted by Crippen LogP contribution is -2.25. The van der Waals surface area contributed by atoms with Gasteiger partial charge >= 0.3 is 0 Å². The Kier molecular flexibility index (Phi) is 6.73. The molecule has 3 N–H and O–H groups in total. The van der Waals surface area contributed by atoms with Crippen molar-refractivity contribution in [1.82, 2.24) is 5.32 Å². The van der Waals surface area contributed by atoms with E-state index in [1.54, 1.807) is 24.3 Å². The fraction of sp³-hybridized carbons (Fsp3) is 0.467. The van der Waals surface area contributed by atoms with Gasteiger partial charge in [0.1, 0.15) is 0 Å². The van der Waals surface area contributed by atoms with Crippen LogP contribution in [0.25, 0.3) is 0 Å². The van der Waals surface area contributed by atoms with E-state index >= 15 is 0 Å². The second-order valence-electron chi connectivity index (χ2n) is 5.02. The van der Waals surface area contributed by atoms with E-state index in [1.807, 2.05) is 0 Å². The van der Waals surface area contributed by atoms with E-state index in [4.69, 9.17) is 10.5 Å². The molecule has 5 nitrogen and oxygen atoms in total. The second kappa shape index (κ2) is 8.32. The Morgan fingerprint density at radius 1 is 1.20 bits per heavy atom. The maximum Gasteiger partial charge on any atom is 0.251 e. The third kappa shape index (κ3) is 5.84. The molecule has 0 aromatic heterocycles. The Hall–Kier alpha value is -1.88. The van der Waals surface area contributed by atoms with Crippen molar-refractivity contribution < 1.29 is 14.3 Å². The van der Waals surface area contributed by atoms with Crippen molar-refractivity contribution in [1.29, 1.82) is 0 Å². The summed E-state index contributed by atoms with van der Waals surface area (Å²) in [7, 11) is 0. The van der Waals surface area contributed by atoms with Crippen molar-refractivity contribution in [2.45, 2.75) is 20.3 Å². The van der Waals surface area contributed by atoms with Crippen LogP contribution in [0.2, 0.25) is 0 Å². The van der Waals surface area contributed by atoms with Gasteiger partial charge in [0, 0.05) is 30.9 Å². The van der Waals surface area contributed by atoms with Gasteiger partial charge in [-0.15, -0.1) is 0 Å². The minimum Gasteiger partial charge on any atom is -0.381 e. The molecule has 0 fully saturated rings. The molecule has 0 aliphatic carbocycles. The highest BCUT2D eigenvalue weighted by Crippen LogP contribution is 2.03. The molecule has 0 atom stereocenters. The first-order valence-corrected chi connectivity index (χ1v) is 6.76. The van der Waals surface area contributed by atoms with Gasteiger partial charge in [0.15, 0.2) is 0 Å². The van der Waals surface area contributed by atoms with Crippen LogP contribution >= 0.6 is 0 Å². The predicted octanol–water partition coefficient (Wildman–Crippen LogP) is 1.58. The highest BCUT2D eigenvalue weighted by molar-refractivity contribution is 5.97. The number of carbonyl (C=O) groups is 2. The number of nitrogens with two attached hydrogens (primary N) is 1. The van der Waals surface area contributed by atoms with Crippen molar-refractivity contribution in [3.8, 4) is 0 Å². The maximum atomic E-state index is 11.8. The van der Waals surface area contributed by atoms with Gasteiger partial charge in [0.2, 0.25) is 5.91 Å². The van der Waals surface area contributed by atoms with Crippen LogP contribution < -0.4 is 11.1 Å². The molecule has 1 rings (SSSR count). The number of benzene rings is 1. The number of primary amides is 1. The number of nitrogens with one attached hydrogen (secondary N) is 1. The molecule has 0 heterocycles. The van der Waals surface area contributed by atoms with Crippen molar-refractivity contribution >= 4 is 11.8 Å².